The van der Waals surface area contributed by atoms with Crippen LogP contribution in [0.3, 0.4) is 0 Å². The first kappa shape index (κ1) is 10.4. The number of hydrogen-bond acceptors (Lipinski definition) is 2. The van der Waals surface area contributed by atoms with Gasteiger partial charge < -0.3 is 10.2 Å². The highest BCUT2D eigenvalue weighted by Gasteiger charge is 2.38. The van der Waals surface area contributed by atoms with E-state index in [9.17, 15) is 0 Å². The minimum atomic E-state index is 0.835. The second-order valence-electron chi connectivity index (χ2n) is 5.55. The van der Waals surface area contributed by atoms with Crippen LogP contribution in [-0.4, -0.2) is 37.6 Å². The van der Waals surface area contributed by atoms with Crippen molar-refractivity contribution >= 4 is 0 Å². The van der Waals surface area contributed by atoms with Crippen molar-refractivity contribution < 1.29 is 0 Å². The summed E-state index contributed by atoms with van der Waals surface area (Å²) < 4.78 is 0. The van der Waals surface area contributed by atoms with Crippen LogP contribution in [0.4, 0.5) is 0 Å². The summed E-state index contributed by atoms with van der Waals surface area (Å²) in [5.41, 5.74) is 0. The zero-order valence-corrected chi connectivity index (χ0v) is 9.79. The Balaban J connectivity index is 2.02. The van der Waals surface area contributed by atoms with Gasteiger partial charge in [-0.3, -0.25) is 0 Å². The second kappa shape index (κ2) is 4.19. The molecule has 82 valence electrons. The molecule has 0 aromatic carbocycles. The highest BCUT2D eigenvalue weighted by Crippen LogP contribution is 2.33. The first-order valence-electron chi connectivity index (χ1n) is 6.09. The van der Waals surface area contributed by atoms with Crippen molar-refractivity contribution in [2.75, 3.05) is 26.7 Å². The Hall–Kier alpha value is -0.0800. The summed E-state index contributed by atoms with van der Waals surface area (Å²) in [6, 6.07) is 0.837. The minimum Gasteiger partial charge on any atom is -0.316 e. The van der Waals surface area contributed by atoms with Crippen molar-refractivity contribution in [1.82, 2.24) is 10.2 Å². The van der Waals surface area contributed by atoms with Crippen LogP contribution in [0.15, 0.2) is 0 Å². The number of likely N-dealkylation sites (tertiary alicyclic amines) is 1. The van der Waals surface area contributed by atoms with Crippen LogP contribution in [0.2, 0.25) is 0 Å². The van der Waals surface area contributed by atoms with Gasteiger partial charge in [-0.25, -0.2) is 0 Å². The molecule has 0 aromatic rings. The highest BCUT2D eigenvalue weighted by molar-refractivity contribution is 4.94. The Morgan fingerprint density at radius 1 is 1.36 bits per heavy atom. The minimum absolute atomic E-state index is 0.835. The van der Waals surface area contributed by atoms with Gasteiger partial charge in [-0.05, 0) is 57.3 Å². The van der Waals surface area contributed by atoms with Crippen molar-refractivity contribution in [3.05, 3.63) is 0 Å². The Labute approximate surface area is 88.1 Å². The lowest BCUT2D eigenvalue weighted by Crippen LogP contribution is -2.47. The molecule has 2 heteroatoms. The van der Waals surface area contributed by atoms with Crippen molar-refractivity contribution in [2.45, 2.75) is 32.7 Å². The van der Waals surface area contributed by atoms with E-state index in [0.29, 0.717) is 0 Å². The average Bonchev–Trinajstić information content (AvgIpc) is 2.57. The predicted octanol–water partition coefficient (Wildman–Crippen LogP) is 1.57. The molecule has 0 saturated carbocycles. The molecular formula is C12H24N2. The molecule has 0 bridgehead atoms. The van der Waals surface area contributed by atoms with Crippen LogP contribution in [0.25, 0.3) is 0 Å². The number of piperidine rings is 1. The van der Waals surface area contributed by atoms with Crippen LogP contribution in [0.1, 0.15) is 26.7 Å². The molecule has 0 radical (unpaired) electrons. The molecule has 3 unspecified atom stereocenters. The summed E-state index contributed by atoms with van der Waals surface area (Å²) in [5, 5.41) is 3.56. The molecule has 0 amide bonds. The number of nitrogens with one attached hydrogen (secondary N) is 1. The van der Waals surface area contributed by atoms with Crippen molar-refractivity contribution in [3.63, 3.8) is 0 Å². The highest BCUT2D eigenvalue weighted by atomic mass is 15.2. The summed E-state index contributed by atoms with van der Waals surface area (Å²) in [6.07, 6.45) is 2.78. The molecule has 0 aromatic heterocycles. The molecule has 3 atom stereocenters. The van der Waals surface area contributed by atoms with Crippen LogP contribution in [-0.2, 0) is 0 Å². The van der Waals surface area contributed by atoms with Crippen LogP contribution < -0.4 is 5.32 Å². The Morgan fingerprint density at radius 3 is 2.86 bits per heavy atom. The van der Waals surface area contributed by atoms with Crippen molar-refractivity contribution in [2.24, 2.45) is 17.8 Å². The van der Waals surface area contributed by atoms with Gasteiger partial charge in [0.05, 0.1) is 0 Å². The summed E-state index contributed by atoms with van der Waals surface area (Å²) >= 11 is 0. The van der Waals surface area contributed by atoms with Crippen molar-refractivity contribution in [1.29, 1.82) is 0 Å². The van der Waals surface area contributed by atoms with Crippen LogP contribution in [0, 0.1) is 17.8 Å². The lowest BCUT2D eigenvalue weighted by Gasteiger charge is -2.41. The van der Waals surface area contributed by atoms with E-state index in [2.05, 4.69) is 31.1 Å². The molecule has 2 saturated heterocycles. The summed E-state index contributed by atoms with van der Waals surface area (Å²) in [6.45, 7) is 8.53. The second-order valence-corrected chi connectivity index (χ2v) is 5.55. The van der Waals surface area contributed by atoms with Crippen LogP contribution >= 0.6 is 0 Å². The normalized spacial score (nSPS) is 39.0. The zero-order valence-electron chi connectivity index (χ0n) is 9.79. The maximum atomic E-state index is 3.56. The third-order valence-corrected chi connectivity index (χ3v) is 4.02. The van der Waals surface area contributed by atoms with Gasteiger partial charge in [-0.2, -0.15) is 0 Å². The van der Waals surface area contributed by atoms with Crippen molar-refractivity contribution in [3.8, 4) is 0 Å². The average molecular weight is 196 g/mol. The van der Waals surface area contributed by atoms with Crippen LogP contribution in [0.5, 0.6) is 0 Å². The monoisotopic (exact) mass is 196 g/mol. The molecule has 2 nitrogen and oxygen atoms in total. The van der Waals surface area contributed by atoms with Gasteiger partial charge in [0.15, 0.2) is 0 Å². The Kier molecular flexibility index (Phi) is 3.13. The lowest BCUT2D eigenvalue weighted by atomic mass is 9.79. The largest absolute Gasteiger partial charge is 0.316 e. The number of nitrogens with zero attached hydrogens (tertiary/aromatic N) is 1. The van der Waals surface area contributed by atoms with Gasteiger partial charge in [-0.15, -0.1) is 0 Å². The third-order valence-electron chi connectivity index (χ3n) is 4.02. The number of hydrogen-bond donors (Lipinski definition) is 1. The van der Waals surface area contributed by atoms with Gasteiger partial charge >= 0.3 is 0 Å². The molecule has 2 aliphatic rings. The summed E-state index contributed by atoms with van der Waals surface area (Å²) in [5.74, 6) is 2.73. The first-order valence-corrected chi connectivity index (χ1v) is 6.09. The molecule has 0 spiro atoms. The van der Waals surface area contributed by atoms with E-state index in [1.165, 1.54) is 32.5 Å². The molecule has 1 N–H and O–H groups in total. The quantitative estimate of drug-likeness (QED) is 0.721. The van der Waals surface area contributed by atoms with E-state index in [0.717, 1.165) is 23.8 Å². The van der Waals surface area contributed by atoms with E-state index in [4.69, 9.17) is 0 Å². The molecule has 14 heavy (non-hydrogen) atoms. The maximum Gasteiger partial charge on any atom is 0.0138 e. The standard InChI is InChI=1S/C12H24N2/c1-9(2)6-12-11-8-13-7-10(11)4-5-14(12)3/h9-13H,4-8H2,1-3H3. The molecule has 2 aliphatic heterocycles. The van der Waals surface area contributed by atoms with Gasteiger partial charge in [0.1, 0.15) is 0 Å². The SMILES string of the molecule is CC(C)CC1C2CNCC2CCN1C. The lowest BCUT2D eigenvalue weighted by molar-refractivity contribution is 0.0818. The van der Waals surface area contributed by atoms with E-state index < -0.39 is 0 Å². The molecule has 2 rings (SSSR count). The smallest absolute Gasteiger partial charge is 0.0138 e. The first-order chi connectivity index (χ1) is 6.68. The van der Waals surface area contributed by atoms with E-state index >= 15 is 0 Å². The molecule has 2 heterocycles. The number of rotatable bonds is 2. The fourth-order valence-electron chi connectivity index (χ4n) is 3.22. The molecule has 0 aliphatic carbocycles. The van der Waals surface area contributed by atoms with Gasteiger partial charge in [-0.1, -0.05) is 13.8 Å². The van der Waals surface area contributed by atoms with E-state index in [1.54, 1.807) is 0 Å². The van der Waals surface area contributed by atoms with E-state index in [-0.39, 0.29) is 0 Å². The predicted molar refractivity (Wildman–Crippen MR) is 60.3 cm³/mol. The van der Waals surface area contributed by atoms with Gasteiger partial charge in [0.25, 0.3) is 0 Å². The fourth-order valence-corrected chi connectivity index (χ4v) is 3.22. The third kappa shape index (κ3) is 1.96. The fraction of sp³-hybridized carbons (Fsp3) is 1.00. The summed E-state index contributed by atoms with van der Waals surface area (Å²) in [7, 11) is 2.31. The molecular weight excluding hydrogens is 172 g/mol. The maximum absolute atomic E-state index is 3.56. The van der Waals surface area contributed by atoms with E-state index in [1.807, 2.05) is 0 Å². The Morgan fingerprint density at radius 2 is 2.14 bits per heavy atom. The topological polar surface area (TPSA) is 15.3 Å². The summed E-state index contributed by atoms with van der Waals surface area (Å²) in [4.78, 5) is 2.59. The Bertz CT molecular complexity index is 191. The zero-order chi connectivity index (χ0) is 10.1. The van der Waals surface area contributed by atoms with Gasteiger partial charge in [0, 0.05) is 6.04 Å². The number of fused-ring (bicyclic) bond motifs is 1. The van der Waals surface area contributed by atoms with Gasteiger partial charge in [0.2, 0.25) is 0 Å². The molecule has 2 fully saturated rings.